The van der Waals surface area contributed by atoms with Crippen LogP contribution < -0.4 is 10.4 Å². The van der Waals surface area contributed by atoms with E-state index in [0.29, 0.717) is 18.0 Å². The van der Waals surface area contributed by atoms with Gasteiger partial charge in [0.15, 0.2) is 5.82 Å². The van der Waals surface area contributed by atoms with E-state index in [1.165, 1.54) is 0 Å². The predicted octanol–water partition coefficient (Wildman–Crippen LogP) is 0.110. The second-order valence-electron chi connectivity index (χ2n) is 5.13. The molecule has 0 saturated heterocycles. The van der Waals surface area contributed by atoms with E-state index in [1.54, 1.807) is 13.0 Å². The van der Waals surface area contributed by atoms with E-state index >= 15 is 0 Å². The van der Waals surface area contributed by atoms with E-state index in [1.807, 2.05) is 12.2 Å². The molecule has 0 unspecified atom stereocenters. The average molecular weight is 261 g/mol. The van der Waals surface area contributed by atoms with Gasteiger partial charge >= 0.3 is 0 Å². The monoisotopic (exact) mass is 261 g/mol. The third-order valence-corrected chi connectivity index (χ3v) is 3.91. The van der Waals surface area contributed by atoms with Crippen LogP contribution in [0.1, 0.15) is 12.2 Å². The number of aromatic nitrogens is 1. The number of anilines is 1. The molecular formula is C13H13N2O4-. The summed E-state index contributed by atoms with van der Waals surface area (Å²) in [6.45, 7) is 1.72. The molecule has 2 bridgehead atoms. The van der Waals surface area contributed by atoms with Gasteiger partial charge in [0.1, 0.15) is 5.76 Å². The molecule has 6 heteroatoms. The summed E-state index contributed by atoms with van der Waals surface area (Å²) in [6.07, 6.45) is 4.49. The lowest BCUT2D eigenvalue weighted by Gasteiger charge is -2.27. The molecule has 4 atom stereocenters. The Balaban J connectivity index is 1.79. The fourth-order valence-electron chi connectivity index (χ4n) is 3.14. The Morgan fingerprint density at radius 1 is 1.37 bits per heavy atom. The molecule has 19 heavy (non-hydrogen) atoms. The first-order valence-corrected chi connectivity index (χ1v) is 6.19. The quantitative estimate of drug-likeness (QED) is 0.779. The van der Waals surface area contributed by atoms with Gasteiger partial charge in [-0.2, -0.15) is 0 Å². The zero-order valence-electron chi connectivity index (χ0n) is 10.3. The molecule has 2 aliphatic carbocycles. The molecule has 1 aromatic heterocycles. The first-order valence-electron chi connectivity index (χ1n) is 6.19. The largest absolute Gasteiger partial charge is 0.550 e. The summed E-state index contributed by atoms with van der Waals surface area (Å²) in [5, 5.41) is 17.5. The fraction of sp³-hybridized carbons (Fsp3) is 0.462. The molecule has 0 spiro atoms. The number of carboxylic acids is 1. The third-order valence-electron chi connectivity index (χ3n) is 3.91. The van der Waals surface area contributed by atoms with E-state index in [4.69, 9.17) is 4.52 Å². The lowest BCUT2D eigenvalue weighted by Crippen LogP contribution is -2.42. The highest BCUT2D eigenvalue weighted by Crippen LogP contribution is 2.48. The molecule has 2 aliphatic rings. The zero-order chi connectivity index (χ0) is 13.6. The van der Waals surface area contributed by atoms with E-state index in [2.05, 4.69) is 10.5 Å². The van der Waals surface area contributed by atoms with Crippen molar-refractivity contribution in [2.24, 2.45) is 23.7 Å². The number of fused-ring (bicyclic) bond motifs is 2. The molecule has 0 aliphatic heterocycles. The second kappa shape index (κ2) is 4.22. The molecule has 1 fully saturated rings. The number of aryl methyl sites for hydroxylation is 1. The summed E-state index contributed by atoms with van der Waals surface area (Å²) in [4.78, 5) is 23.4. The summed E-state index contributed by atoms with van der Waals surface area (Å²) < 4.78 is 4.86. The number of rotatable bonds is 3. The van der Waals surface area contributed by atoms with Crippen LogP contribution in [0.25, 0.3) is 0 Å². The van der Waals surface area contributed by atoms with E-state index in [-0.39, 0.29) is 17.7 Å². The second-order valence-corrected chi connectivity index (χ2v) is 5.13. The van der Waals surface area contributed by atoms with Crippen LogP contribution in [0.2, 0.25) is 0 Å². The van der Waals surface area contributed by atoms with Gasteiger partial charge in [-0.15, -0.1) is 0 Å². The van der Waals surface area contributed by atoms with Crippen molar-refractivity contribution in [3.05, 3.63) is 24.0 Å². The summed E-state index contributed by atoms with van der Waals surface area (Å²) in [6, 6.07) is 1.59. The Morgan fingerprint density at radius 2 is 2.05 bits per heavy atom. The molecule has 100 valence electrons. The Hall–Kier alpha value is -2.11. The standard InChI is InChI=1S/C13H14N2O4/c1-6-4-9(15-19-6)14-12(16)10-7-2-3-8(5-7)11(10)13(17)18/h2-4,7-8,10-11H,5H2,1H3,(H,17,18)(H,14,15,16)/p-1/t7-,8+,10+,11+/m1/s1. The van der Waals surface area contributed by atoms with Gasteiger partial charge in [-0.3, -0.25) is 4.79 Å². The molecule has 0 radical (unpaired) electrons. The molecule has 1 aromatic rings. The van der Waals surface area contributed by atoms with E-state index in [0.717, 1.165) is 0 Å². The van der Waals surface area contributed by atoms with Crippen molar-refractivity contribution in [1.82, 2.24) is 5.16 Å². The summed E-state index contributed by atoms with van der Waals surface area (Å²) in [7, 11) is 0. The van der Waals surface area contributed by atoms with Crippen molar-refractivity contribution in [1.29, 1.82) is 0 Å². The number of carboxylic acid groups (broad SMARTS) is 1. The van der Waals surface area contributed by atoms with E-state index < -0.39 is 17.8 Å². The summed E-state index contributed by atoms with van der Waals surface area (Å²) in [5.41, 5.74) is 0. The van der Waals surface area contributed by atoms with Gasteiger partial charge in [-0.05, 0) is 25.2 Å². The van der Waals surface area contributed by atoms with E-state index in [9.17, 15) is 14.7 Å². The SMILES string of the molecule is Cc1cc(NC(=O)[C@@H]2[C@@H](C(=O)[O-])[C@H]3C=C[C@@H]2C3)no1. The molecular weight excluding hydrogens is 248 g/mol. The van der Waals surface area contributed by atoms with Crippen LogP contribution in [0, 0.1) is 30.6 Å². The minimum Gasteiger partial charge on any atom is -0.550 e. The fourth-order valence-corrected chi connectivity index (χ4v) is 3.14. The minimum absolute atomic E-state index is 0.0269. The van der Waals surface area contributed by atoms with Crippen molar-refractivity contribution < 1.29 is 19.2 Å². The minimum atomic E-state index is -1.16. The summed E-state index contributed by atoms with van der Waals surface area (Å²) in [5.74, 6) is -2.05. The maximum atomic E-state index is 12.2. The maximum absolute atomic E-state index is 12.2. The van der Waals surface area contributed by atoms with Gasteiger partial charge in [0, 0.05) is 18.0 Å². The smallest absolute Gasteiger partial charge is 0.230 e. The number of carbonyl (C=O) groups excluding carboxylic acids is 2. The number of hydrogen-bond acceptors (Lipinski definition) is 5. The zero-order valence-corrected chi connectivity index (χ0v) is 10.3. The highest BCUT2D eigenvalue weighted by Gasteiger charge is 2.48. The number of nitrogens with zero attached hydrogens (tertiary/aromatic N) is 1. The van der Waals surface area contributed by atoms with Crippen LogP contribution in [0.15, 0.2) is 22.7 Å². The molecule has 3 rings (SSSR count). The van der Waals surface area contributed by atoms with Gasteiger partial charge < -0.3 is 19.7 Å². The average Bonchev–Trinajstić information content (AvgIpc) is 3.03. The van der Waals surface area contributed by atoms with Crippen molar-refractivity contribution in [3.8, 4) is 0 Å². The van der Waals surface area contributed by atoms with Crippen LogP contribution in [-0.2, 0) is 9.59 Å². The maximum Gasteiger partial charge on any atom is 0.230 e. The third kappa shape index (κ3) is 1.93. The van der Waals surface area contributed by atoms with Crippen molar-refractivity contribution in [3.63, 3.8) is 0 Å². The van der Waals surface area contributed by atoms with Gasteiger partial charge in [0.2, 0.25) is 5.91 Å². The molecule has 1 amide bonds. The number of nitrogens with one attached hydrogen (secondary N) is 1. The Morgan fingerprint density at radius 3 is 2.63 bits per heavy atom. The molecule has 6 nitrogen and oxygen atoms in total. The Labute approximate surface area is 109 Å². The highest BCUT2D eigenvalue weighted by atomic mass is 16.5. The van der Waals surface area contributed by atoms with Crippen LogP contribution in [-0.4, -0.2) is 17.0 Å². The summed E-state index contributed by atoms with van der Waals surface area (Å²) >= 11 is 0. The molecule has 1 saturated carbocycles. The Bertz CT molecular complexity index is 563. The number of amides is 1. The lowest BCUT2D eigenvalue weighted by atomic mass is 9.82. The lowest BCUT2D eigenvalue weighted by molar-refractivity contribution is -0.313. The van der Waals surface area contributed by atoms with Gasteiger partial charge in [-0.25, -0.2) is 0 Å². The number of aliphatic carboxylic acids is 1. The van der Waals surface area contributed by atoms with Crippen molar-refractivity contribution in [2.75, 3.05) is 5.32 Å². The highest BCUT2D eigenvalue weighted by molar-refractivity contribution is 5.95. The topological polar surface area (TPSA) is 95.3 Å². The molecule has 1 N–H and O–H groups in total. The normalized spacial score (nSPS) is 31.6. The van der Waals surface area contributed by atoms with Gasteiger partial charge in [-0.1, -0.05) is 17.3 Å². The Kier molecular flexibility index (Phi) is 2.66. The first kappa shape index (κ1) is 12.0. The van der Waals surface area contributed by atoms with Gasteiger partial charge in [0.25, 0.3) is 0 Å². The molecule has 0 aromatic carbocycles. The van der Waals surface area contributed by atoms with Crippen LogP contribution in [0.3, 0.4) is 0 Å². The van der Waals surface area contributed by atoms with Crippen LogP contribution >= 0.6 is 0 Å². The van der Waals surface area contributed by atoms with Crippen molar-refractivity contribution in [2.45, 2.75) is 13.3 Å². The number of allylic oxidation sites excluding steroid dienone is 2. The van der Waals surface area contributed by atoms with Gasteiger partial charge in [0.05, 0.1) is 5.92 Å². The van der Waals surface area contributed by atoms with Crippen LogP contribution in [0.5, 0.6) is 0 Å². The van der Waals surface area contributed by atoms with Crippen LogP contribution in [0.4, 0.5) is 5.82 Å². The van der Waals surface area contributed by atoms with Crippen molar-refractivity contribution >= 4 is 17.7 Å². The first-order chi connectivity index (χ1) is 9.06. The molecule has 1 heterocycles. The number of carbonyl (C=O) groups is 2. The number of hydrogen-bond donors (Lipinski definition) is 1. The predicted molar refractivity (Wildman–Crippen MR) is 62.6 cm³/mol.